The van der Waals surface area contributed by atoms with Gasteiger partial charge in [0.1, 0.15) is 5.75 Å². The second-order valence-electron chi connectivity index (χ2n) is 6.27. The maximum atomic E-state index is 12.7. The Morgan fingerprint density at radius 2 is 1.92 bits per heavy atom. The van der Waals surface area contributed by atoms with E-state index >= 15 is 0 Å². The summed E-state index contributed by atoms with van der Waals surface area (Å²) in [5.41, 5.74) is 1.47. The van der Waals surface area contributed by atoms with Crippen molar-refractivity contribution in [2.45, 2.75) is 30.2 Å². The van der Waals surface area contributed by atoms with Crippen molar-refractivity contribution in [2.24, 2.45) is 0 Å². The summed E-state index contributed by atoms with van der Waals surface area (Å²) in [6.45, 7) is 0.566. The zero-order valence-electron chi connectivity index (χ0n) is 13.5. The monoisotopic (exact) mass is 358 g/mol. The normalized spacial score (nSPS) is 16.0. The number of rotatable bonds is 5. The van der Waals surface area contributed by atoms with Gasteiger partial charge >= 0.3 is 0 Å². The molecule has 2 aromatic rings. The lowest BCUT2D eigenvalue weighted by Gasteiger charge is -2.13. The van der Waals surface area contributed by atoms with Crippen LogP contribution in [0.4, 0.5) is 5.69 Å². The van der Waals surface area contributed by atoms with Crippen molar-refractivity contribution < 1.29 is 17.9 Å². The van der Waals surface area contributed by atoms with E-state index in [-0.39, 0.29) is 22.5 Å². The maximum Gasteiger partial charge on any atom is 0.261 e. The Bertz CT molecular complexity index is 936. The fourth-order valence-corrected chi connectivity index (χ4v) is 3.92. The number of carbonyl (C=O) groups is 1. The van der Waals surface area contributed by atoms with Crippen LogP contribution >= 0.6 is 0 Å². The number of anilines is 1. The van der Waals surface area contributed by atoms with Gasteiger partial charge in [0.05, 0.1) is 22.8 Å². The summed E-state index contributed by atoms with van der Waals surface area (Å²) in [5, 5.41) is 2.88. The average Bonchev–Trinajstić information content (AvgIpc) is 3.27. The summed E-state index contributed by atoms with van der Waals surface area (Å²) in [5.74, 6) is 0.464. The molecule has 1 amide bonds. The lowest BCUT2D eigenvalue weighted by Crippen LogP contribution is -2.27. The number of benzene rings is 2. The predicted octanol–water partition coefficient (Wildman–Crippen LogP) is 2.31. The first-order valence-electron chi connectivity index (χ1n) is 8.21. The second kappa shape index (κ2) is 6.07. The molecule has 0 unspecified atom stereocenters. The van der Waals surface area contributed by atoms with Gasteiger partial charge in [0.15, 0.2) is 0 Å². The van der Waals surface area contributed by atoms with Crippen molar-refractivity contribution in [1.82, 2.24) is 5.32 Å². The number of nitrogens with one attached hydrogen (secondary N) is 2. The Labute approximate surface area is 146 Å². The molecule has 2 aromatic carbocycles. The molecule has 2 N–H and O–H groups in total. The highest BCUT2D eigenvalue weighted by atomic mass is 32.2. The highest BCUT2D eigenvalue weighted by molar-refractivity contribution is 7.92. The highest BCUT2D eigenvalue weighted by Crippen LogP contribution is 2.29. The fourth-order valence-electron chi connectivity index (χ4n) is 2.79. The summed E-state index contributed by atoms with van der Waals surface area (Å²) in [6, 6.07) is 11.6. The molecule has 0 bridgehead atoms. The molecule has 6 nitrogen and oxygen atoms in total. The first-order valence-corrected chi connectivity index (χ1v) is 9.70. The lowest BCUT2D eigenvalue weighted by molar-refractivity contribution is 0.0952. The third kappa shape index (κ3) is 3.32. The molecule has 1 aliphatic carbocycles. The van der Waals surface area contributed by atoms with Crippen LogP contribution in [-0.4, -0.2) is 27.0 Å². The number of hydrogen-bond donors (Lipinski definition) is 2. The van der Waals surface area contributed by atoms with Gasteiger partial charge in [-0.15, -0.1) is 0 Å². The summed E-state index contributed by atoms with van der Waals surface area (Å²) >= 11 is 0. The molecular weight excluding hydrogens is 340 g/mol. The first kappa shape index (κ1) is 16.0. The van der Waals surface area contributed by atoms with Crippen LogP contribution in [-0.2, 0) is 16.4 Å². The minimum atomic E-state index is -3.79. The minimum Gasteiger partial charge on any atom is -0.493 e. The van der Waals surface area contributed by atoms with E-state index in [9.17, 15) is 13.2 Å². The van der Waals surface area contributed by atoms with Crippen LogP contribution in [0.1, 0.15) is 28.8 Å². The zero-order chi connectivity index (χ0) is 17.4. The summed E-state index contributed by atoms with van der Waals surface area (Å²) in [4.78, 5) is 12.5. The van der Waals surface area contributed by atoms with Crippen molar-refractivity contribution in [3.8, 4) is 5.75 Å². The van der Waals surface area contributed by atoms with Crippen molar-refractivity contribution in [2.75, 3.05) is 11.3 Å². The third-order valence-electron chi connectivity index (χ3n) is 4.30. The van der Waals surface area contributed by atoms with Crippen molar-refractivity contribution in [3.05, 3.63) is 53.6 Å². The number of hydrogen-bond acceptors (Lipinski definition) is 4. The summed E-state index contributed by atoms with van der Waals surface area (Å²) in [6.07, 6.45) is 2.63. The molecule has 1 heterocycles. The molecule has 0 radical (unpaired) electrons. The summed E-state index contributed by atoms with van der Waals surface area (Å²) < 4.78 is 33.4. The van der Waals surface area contributed by atoms with Gasteiger partial charge in [0.25, 0.3) is 15.9 Å². The number of para-hydroxylation sites is 1. The van der Waals surface area contributed by atoms with Crippen LogP contribution in [0.2, 0.25) is 0 Å². The lowest BCUT2D eigenvalue weighted by atomic mass is 10.1. The Balaban J connectivity index is 1.61. The van der Waals surface area contributed by atoms with E-state index in [4.69, 9.17) is 4.74 Å². The number of carbonyl (C=O) groups excluding carboxylic acids is 1. The van der Waals surface area contributed by atoms with Crippen LogP contribution < -0.4 is 14.8 Å². The SMILES string of the molecule is O=C(NC1CC1)c1ccccc1NS(=O)(=O)c1ccc2c(c1)CCO2. The van der Waals surface area contributed by atoms with E-state index in [1.165, 1.54) is 6.07 Å². The highest BCUT2D eigenvalue weighted by Gasteiger charge is 2.26. The molecule has 1 saturated carbocycles. The van der Waals surface area contributed by atoms with Crippen LogP contribution in [0.3, 0.4) is 0 Å². The molecule has 0 saturated heterocycles. The van der Waals surface area contributed by atoms with Crippen molar-refractivity contribution in [3.63, 3.8) is 0 Å². The zero-order valence-corrected chi connectivity index (χ0v) is 14.3. The Kier molecular flexibility index (Phi) is 3.88. The molecule has 7 heteroatoms. The van der Waals surface area contributed by atoms with Gasteiger partial charge < -0.3 is 10.1 Å². The predicted molar refractivity (Wildman–Crippen MR) is 93.4 cm³/mol. The van der Waals surface area contributed by atoms with Gasteiger partial charge in [-0.2, -0.15) is 0 Å². The Hall–Kier alpha value is -2.54. The van der Waals surface area contributed by atoms with Crippen molar-refractivity contribution >= 4 is 21.6 Å². The topological polar surface area (TPSA) is 84.5 Å². The molecule has 25 heavy (non-hydrogen) atoms. The molecule has 0 atom stereocenters. The molecule has 1 aliphatic heterocycles. The molecule has 130 valence electrons. The van der Waals surface area contributed by atoms with Gasteiger partial charge in [0, 0.05) is 12.5 Å². The molecular formula is C18H18N2O4S. The number of fused-ring (bicyclic) bond motifs is 1. The van der Waals surface area contributed by atoms with E-state index in [2.05, 4.69) is 10.0 Å². The smallest absolute Gasteiger partial charge is 0.261 e. The van der Waals surface area contributed by atoms with Gasteiger partial charge in [-0.1, -0.05) is 12.1 Å². The minimum absolute atomic E-state index is 0.161. The van der Waals surface area contributed by atoms with Gasteiger partial charge in [0.2, 0.25) is 0 Å². The number of ether oxygens (including phenoxy) is 1. The number of amides is 1. The molecule has 0 aromatic heterocycles. The van der Waals surface area contributed by atoms with E-state index in [1.807, 2.05) is 0 Å². The van der Waals surface area contributed by atoms with E-state index < -0.39 is 10.0 Å². The summed E-state index contributed by atoms with van der Waals surface area (Å²) in [7, 11) is -3.79. The van der Waals surface area contributed by atoms with Crippen LogP contribution in [0.5, 0.6) is 5.75 Å². The maximum absolute atomic E-state index is 12.7. The second-order valence-corrected chi connectivity index (χ2v) is 7.95. The Morgan fingerprint density at radius 1 is 1.12 bits per heavy atom. The van der Waals surface area contributed by atoms with E-state index in [0.29, 0.717) is 18.6 Å². The quantitative estimate of drug-likeness (QED) is 0.859. The fraction of sp³-hybridized carbons (Fsp3) is 0.278. The molecule has 4 rings (SSSR count). The van der Waals surface area contributed by atoms with Crippen LogP contribution in [0.15, 0.2) is 47.4 Å². The largest absolute Gasteiger partial charge is 0.493 e. The van der Waals surface area contributed by atoms with Crippen molar-refractivity contribution in [1.29, 1.82) is 0 Å². The van der Waals surface area contributed by atoms with Gasteiger partial charge in [-0.25, -0.2) is 8.42 Å². The first-order chi connectivity index (χ1) is 12.0. The number of sulfonamides is 1. The molecule has 0 spiro atoms. The van der Waals surface area contributed by atoms with Gasteiger partial charge in [-0.05, 0) is 48.7 Å². The van der Waals surface area contributed by atoms with E-state index in [1.54, 1.807) is 36.4 Å². The Morgan fingerprint density at radius 3 is 2.72 bits per heavy atom. The van der Waals surface area contributed by atoms with Crippen LogP contribution in [0.25, 0.3) is 0 Å². The standard InChI is InChI=1S/C18H18N2O4S/c21-18(19-13-5-6-13)15-3-1-2-4-16(15)20-25(22,23)14-7-8-17-12(11-14)9-10-24-17/h1-4,7-8,11,13,20H,5-6,9-10H2,(H,19,21). The van der Waals surface area contributed by atoms with Gasteiger partial charge in [-0.3, -0.25) is 9.52 Å². The van der Waals surface area contributed by atoms with Crippen LogP contribution in [0, 0.1) is 0 Å². The third-order valence-corrected chi connectivity index (χ3v) is 5.66. The average molecular weight is 358 g/mol. The van der Waals surface area contributed by atoms with E-state index in [0.717, 1.165) is 24.2 Å². The molecule has 1 fully saturated rings. The molecule has 2 aliphatic rings.